The lowest BCUT2D eigenvalue weighted by molar-refractivity contribution is -0.130. The maximum Gasteiger partial charge on any atom is 0.320 e. The highest BCUT2D eigenvalue weighted by Gasteiger charge is 2.28. The van der Waals surface area contributed by atoms with Crippen LogP contribution in [0.5, 0.6) is 0 Å². The molecule has 0 aliphatic carbocycles. The van der Waals surface area contributed by atoms with E-state index in [0.29, 0.717) is 39.3 Å². The van der Waals surface area contributed by atoms with E-state index in [1.54, 1.807) is 11.8 Å². The number of anilines is 1. The van der Waals surface area contributed by atoms with Crippen LogP contribution in [0.4, 0.5) is 10.5 Å². The molecule has 3 amide bonds. The number of rotatable bonds is 1. The summed E-state index contributed by atoms with van der Waals surface area (Å²) < 4.78 is 0. The second-order valence-corrected chi connectivity index (χ2v) is 6.67. The van der Waals surface area contributed by atoms with Crippen molar-refractivity contribution in [3.05, 3.63) is 29.3 Å². The van der Waals surface area contributed by atoms with Crippen LogP contribution in [0.3, 0.4) is 0 Å². The first kappa shape index (κ1) is 16.9. The van der Waals surface area contributed by atoms with Crippen LogP contribution >= 0.6 is 11.6 Å². The molecule has 2 fully saturated rings. The van der Waals surface area contributed by atoms with E-state index < -0.39 is 0 Å². The van der Waals surface area contributed by atoms with Gasteiger partial charge >= 0.3 is 6.03 Å². The molecule has 7 heteroatoms. The lowest BCUT2D eigenvalue weighted by Gasteiger charge is -2.41. The quantitative estimate of drug-likeness (QED) is 0.775. The van der Waals surface area contributed by atoms with Gasteiger partial charge in [0.2, 0.25) is 5.91 Å². The van der Waals surface area contributed by atoms with Crippen molar-refractivity contribution >= 4 is 29.2 Å². The first-order valence-corrected chi connectivity index (χ1v) is 8.72. The zero-order valence-corrected chi connectivity index (χ0v) is 14.7. The third-order valence-corrected chi connectivity index (χ3v) is 4.95. The van der Waals surface area contributed by atoms with Crippen LogP contribution in [0.1, 0.15) is 6.92 Å². The molecular formula is C17H23ClN4O2. The largest absolute Gasteiger partial charge is 0.368 e. The Morgan fingerprint density at radius 3 is 1.96 bits per heavy atom. The molecule has 2 heterocycles. The minimum Gasteiger partial charge on any atom is -0.368 e. The highest BCUT2D eigenvalue weighted by atomic mass is 35.5. The number of carbonyl (C=O) groups excluding carboxylic acids is 2. The van der Waals surface area contributed by atoms with Gasteiger partial charge < -0.3 is 19.6 Å². The molecule has 1 aromatic carbocycles. The van der Waals surface area contributed by atoms with Crippen molar-refractivity contribution in [1.29, 1.82) is 0 Å². The normalized spacial score (nSPS) is 18.8. The Balaban J connectivity index is 1.51. The fourth-order valence-electron chi connectivity index (χ4n) is 3.24. The maximum atomic E-state index is 12.6. The second-order valence-electron chi connectivity index (χ2n) is 6.23. The predicted octanol–water partition coefficient (Wildman–Crippen LogP) is 1.75. The Kier molecular flexibility index (Phi) is 5.14. The van der Waals surface area contributed by atoms with Gasteiger partial charge in [0.05, 0.1) is 0 Å². The van der Waals surface area contributed by atoms with E-state index in [4.69, 9.17) is 11.6 Å². The second kappa shape index (κ2) is 7.30. The fourth-order valence-corrected chi connectivity index (χ4v) is 3.43. The zero-order valence-electron chi connectivity index (χ0n) is 13.9. The summed E-state index contributed by atoms with van der Waals surface area (Å²) in [7, 11) is 0. The number of amides is 3. The van der Waals surface area contributed by atoms with E-state index in [2.05, 4.69) is 4.90 Å². The fraction of sp³-hybridized carbons (Fsp3) is 0.529. The molecule has 130 valence electrons. The summed E-state index contributed by atoms with van der Waals surface area (Å²) in [6.07, 6.45) is 0. The molecule has 0 N–H and O–H groups in total. The Morgan fingerprint density at radius 1 is 0.875 bits per heavy atom. The molecule has 0 atom stereocenters. The van der Waals surface area contributed by atoms with Gasteiger partial charge in [-0.1, -0.05) is 17.7 Å². The van der Waals surface area contributed by atoms with E-state index >= 15 is 0 Å². The molecule has 24 heavy (non-hydrogen) atoms. The average molecular weight is 351 g/mol. The van der Waals surface area contributed by atoms with Gasteiger partial charge in [-0.15, -0.1) is 0 Å². The molecule has 2 aliphatic rings. The van der Waals surface area contributed by atoms with E-state index in [1.165, 1.54) is 0 Å². The molecular weight excluding hydrogens is 328 g/mol. The number of urea groups is 1. The van der Waals surface area contributed by atoms with Crippen molar-refractivity contribution in [3.8, 4) is 0 Å². The van der Waals surface area contributed by atoms with Gasteiger partial charge in [0.25, 0.3) is 0 Å². The van der Waals surface area contributed by atoms with Gasteiger partial charge in [-0.25, -0.2) is 4.79 Å². The topological polar surface area (TPSA) is 47.1 Å². The monoisotopic (exact) mass is 350 g/mol. The lowest BCUT2D eigenvalue weighted by atomic mass is 10.2. The van der Waals surface area contributed by atoms with E-state index in [9.17, 15) is 9.59 Å². The van der Waals surface area contributed by atoms with Gasteiger partial charge in [-0.3, -0.25) is 4.79 Å². The molecule has 0 spiro atoms. The van der Waals surface area contributed by atoms with Crippen molar-refractivity contribution in [2.75, 3.05) is 57.3 Å². The molecule has 6 nitrogen and oxygen atoms in total. The van der Waals surface area contributed by atoms with Crippen LogP contribution in [0.25, 0.3) is 0 Å². The van der Waals surface area contributed by atoms with Gasteiger partial charge in [-0.05, 0) is 18.2 Å². The third-order valence-electron chi connectivity index (χ3n) is 4.72. The van der Waals surface area contributed by atoms with Gasteiger partial charge in [0.1, 0.15) is 0 Å². The van der Waals surface area contributed by atoms with Gasteiger partial charge in [-0.2, -0.15) is 0 Å². The number of hydrogen-bond donors (Lipinski definition) is 0. The van der Waals surface area contributed by atoms with Crippen LogP contribution in [-0.2, 0) is 4.79 Å². The summed E-state index contributed by atoms with van der Waals surface area (Å²) >= 11 is 6.05. The average Bonchev–Trinajstić information content (AvgIpc) is 2.61. The Hall–Kier alpha value is -1.95. The van der Waals surface area contributed by atoms with Crippen molar-refractivity contribution in [1.82, 2.24) is 14.7 Å². The summed E-state index contributed by atoms with van der Waals surface area (Å²) in [6, 6.07) is 7.91. The van der Waals surface area contributed by atoms with Crippen molar-refractivity contribution < 1.29 is 9.59 Å². The minimum absolute atomic E-state index is 0.0808. The van der Waals surface area contributed by atoms with Crippen molar-refractivity contribution in [3.63, 3.8) is 0 Å². The molecule has 2 aliphatic heterocycles. The smallest absolute Gasteiger partial charge is 0.320 e. The highest BCUT2D eigenvalue weighted by molar-refractivity contribution is 6.30. The highest BCUT2D eigenvalue weighted by Crippen LogP contribution is 2.21. The summed E-state index contributed by atoms with van der Waals surface area (Å²) in [4.78, 5) is 31.8. The van der Waals surface area contributed by atoms with E-state index in [-0.39, 0.29) is 11.9 Å². The maximum absolute atomic E-state index is 12.6. The van der Waals surface area contributed by atoms with Crippen LogP contribution < -0.4 is 4.90 Å². The van der Waals surface area contributed by atoms with Crippen LogP contribution in [0.15, 0.2) is 24.3 Å². The third kappa shape index (κ3) is 3.75. The summed E-state index contributed by atoms with van der Waals surface area (Å²) in [6.45, 7) is 7.09. The zero-order chi connectivity index (χ0) is 17.1. The van der Waals surface area contributed by atoms with Crippen LogP contribution in [0, 0.1) is 0 Å². The first-order chi connectivity index (χ1) is 11.5. The SMILES string of the molecule is CC(=O)N1CCN(C(=O)N2CCN(c3cccc(Cl)c3)CC2)CC1. The van der Waals surface area contributed by atoms with Gasteiger partial charge in [0, 0.05) is 70.0 Å². The Morgan fingerprint density at radius 2 is 1.42 bits per heavy atom. The van der Waals surface area contributed by atoms with E-state index in [0.717, 1.165) is 23.8 Å². The Labute approximate surface area is 147 Å². The molecule has 0 saturated carbocycles. The van der Waals surface area contributed by atoms with Crippen molar-refractivity contribution in [2.24, 2.45) is 0 Å². The van der Waals surface area contributed by atoms with Crippen LogP contribution in [0.2, 0.25) is 5.02 Å². The molecule has 0 radical (unpaired) electrons. The number of benzene rings is 1. The standard InChI is InChI=1S/C17H23ClN4O2/c1-14(23)19-5-9-21(10-6-19)17(24)22-11-7-20(8-12-22)16-4-2-3-15(18)13-16/h2-4,13H,5-12H2,1H3. The summed E-state index contributed by atoms with van der Waals surface area (Å²) in [5.74, 6) is 0.0808. The Bertz CT molecular complexity index is 608. The van der Waals surface area contributed by atoms with Crippen LogP contribution in [-0.4, -0.2) is 79.0 Å². The van der Waals surface area contributed by atoms with Gasteiger partial charge in [0.15, 0.2) is 0 Å². The molecule has 1 aromatic rings. The number of carbonyl (C=O) groups is 2. The molecule has 0 unspecified atom stereocenters. The number of nitrogens with zero attached hydrogens (tertiary/aromatic N) is 4. The molecule has 3 rings (SSSR count). The molecule has 2 saturated heterocycles. The molecule has 0 bridgehead atoms. The lowest BCUT2D eigenvalue weighted by Crippen LogP contribution is -2.57. The van der Waals surface area contributed by atoms with Crippen molar-refractivity contribution in [2.45, 2.75) is 6.92 Å². The number of piperazine rings is 2. The number of hydrogen-bond acceptors (Lipinski definition) is 3. The summed E-state index contributed by atoms with van der Waals surface area (Å²) in [5, 5.41) is 0.731. The molecule has 0 aromatic heterocycles. The minimum atomic E-state index is 0.0808. The first-order valence-electron chi connectivity index (χ1n) is 8.34. The number of halogens is 1. The predicted molar refractivity (Wildman–Crippen MR) is 94.5 cm³/mol. The van der Waals surface area contributed by atoms with E-state index in [1.807, 2.05) is 34.1 Å². The summed E-state index contributed by atoms with van der Waals surface area (Å²) in [5.41, 5.74) is 1.10.